The Hall–Kier alpha value is -0.720. The highest BCUT2D eigenvalue weighted by atomic mass is 79.9. The van der Waals surface area contributed by atoms with Crippen molar-refractivity contribution in [3.63, 3.8) is 0 Å². The number of hydrogen-bond acceptors (Lipinski definition) is 4. The third-order valence-electron chi connectivity index (χ3n) is 2.77. The minimum absolute atomic E-state index is 0.0641. The quantitative estimate of drug-likeness (QED) is 0.936. The van der Waals surface area contributed by atoms with Crippen LogP contribution in [0.5, 0.6) is 0 Å². The molecule has 2 rings (SSSR count). The molecule has 0 aliphatic heterocycles. The fourth-order valence-corrected chi connectivity index (χ4v) is 3.11. The van der Waals surface area contributed by atoms with Crippen molar-refractivity contribution in [1.82, 2.24) is 20.1 Å². The van der Waals surface area contributed by atoms with Gasteiger partial charge in [0, 0.05) is 11.4 Å². The second kappa shape index (κ2) is 5.50. The second-order valence-electron chi connectivity index (χ2n) is 4.43. The van der Waals surface area contributed by atoms with Gasteiger partial charge in [-0.2, -0.15) is 5.10 Å². The van der Waals surface area contributed by atoms with Crippen LogP contribution < -0.4 is 5.32 Å². The molecule has 18 heavy (non-hydrogen) atoms. The van der Waals surface area contributed by atoms with Gasteiger partial charge in [-0.3, -0.25) is 4.68 Å². The Kier molecular flexibility index (Phi) is 4.19. The molecule has 0 aliphatic rings. The van der Waals surface area contributed by atoms with Gasteiger partial charge in [0.1, 0.15) is 0 Å². The van der Waals surface area contributed by atoms with E-state index in [1.807, 2.05) is 24.9 Å². The summed E-state index contributed by atoms with van der Waals surface area (Å²) in [5.74, 6) is 0. The van der Waals surface area contributed by atoms with Gasteiger partial charge in [0.15, 0.2) is 0 Å². The molecule has 2 aromatic rings. The molecule has 98 valence electrons. The molecule has 0 aliphatic carbocycles. The number of thiazole rings is 1. The number of nitrogens with zero attached hydrogens (tertiary/aromatic N) is 3. The van der Waals surface area contributed by atoms with Gasteiger partial charge in [-0.05, 0) is 43.7 Å². The summed E-state index contributed by atoms with van der Waals surface area (Å²) in [7, 11) is 1.95. The van der Waals surface area contributed by atoms with Crippen LogP contribution in [0.25, 0.3) is 0 Å². The fourth-order valence-electron chi connectivity index (χ4n) is 1.97. The Morgan fingerprint density at radius 1 is 1.44 bits per heavy atom. The second-order valence-corrected chi connectivity index (χ2v) is 6.35. The number of aryl methyl sites for hydroxylation is 1. The monoisotopic (exact) mass is 328 g/mol. The first-order valence-corrected chi connectivity index (χ1v) is 7.54. The van der Waals surface area contributed by atoms with Gasteiger partial charge in [0.05, 0.1) is 33.1 Å². The first-order valence-electron chi connectivity index (χ1n) is 5.86. The number of nitrogens with one attached hydrogen (secondary N) is 1. The van der Waals surface area contributed by atoms with Crippen LogP contribution in [0.1, 0.15) is 42.3 Å². The van der Waals surface area contributed by atoms with E-state index in [-0.39, 0.29) is 6.04 Å². The van der Waals surface area contributed by atoms with Gasteiger partial charge >= 0.3 is 0 Å². The lowest BCUT2D eigenvalue weighted by Crippen LogP contribution is -2.23. The summed E-state index contributed by atoms with van der Waals surface area (Å²) in [6.07, 6.45) is 1.85. The summed E-state index contributed by atoms with van der Waals surface area (Å²) < 4.78 is 3.04. The standard InChI is InChI=1S/C12H17BrN4S/c1-7(2)17-12(9(13)5-15-17)11(14-4)10-6-18-8(3)16-10/h5-7,11,14H,1-4H3. The molecule has 6 heteroatoms. The van der Waals surface area contributed by atoms with Crippen LogP contribution in [0.2, 0.25) is 0 Å². The van der Waals surface area contributed by atoms with E-state index >= 15 is 0 Å². The Balaban J connectivity index is 2.47. The van der Waals surface area contributed by atoms with Gasteiger partial charge in [-0.15, -0.1) is 11.3 Å². The molecule has 1 atom stereocenters. The van der Waals surface area contributed by atoms with Crippen LogP contribution in [-0.2, 0) is 0 Å². The van der Waals surface area contributed by atoms with E-state index in [2.05, 4.69) is 50.6 Å². The highest BCUT2D eigenvalue weighted by molar-refractivity contribution is 9.10. The third kappa shape index (κ3) is 2.50. The summed E-state index contributed by atoms with van der Waals surface area (Å²) in [5, 5.41) is 10.9. The van der Waals surface area contributed by atoms with Crippen molar-refractivity contribution in [2.45, 2.75) is 32.9 Å². The number of hydrogen-bond donors (Lipinski definition) is 1. The van der Waals surface area contributed by atoms with Gasteiger partial charge in [0.2, 0.25) is 0 Å². The van der Waals surface area contributed by atoms with E-state index in [0.29, 0.717) is 6.04 Å². The molecule has 2 aromatic heterocycles. The van der Waals surface area contributed by atoms with Crippen molar-refractivity contribution >= 4 is 27.3 Å². The molecular weight excluding hydrogens is 312 g/mol. The summed E-state index contributed by atoms with van der Waals surface area (Å²) >= 11 is 5.25. The van der Waals surface area contributed by atoms with Crippen LogP contribution >= 0.6 is 27.3 Å². The van der Waals surface area contributed by atoms with E-state index in [9.17, 15) is 0 Å². The Bertz CT molecular complexity index is 532. The van der Waals surface area contributed by atoms with Gasteiger partial charge in [-0.25, -0.2) is 4.98 Å². The van der Waals surface area contributed by atoms with Crippen LogP contribution in [0, 0.1) is 6.92 Å². The van der Waals surface area contributed by atoms with E-state index in [0.717, 1.165) is 20.9 Å². The van der Waals surface area contributed by atoms with E-state index in [1.54, 1.807) is 11.3 Å². The molecule has 0 bridgehead atoms. The average molecular weight is 329 g/mol. The zero-order valence-corrected chi connectivity index (χ0v) is 13.3. The zero-order chi connectivity index (χ0) is 13.3. The molecule has 1 N–H and O–H groups in total. The maximum atomic E-state index is 4.57. The lowest BCUT2D eigenvalue weighted by molar-refractivity contribution is 0.480. The molecule has 0 saturated heterocycles. The van der Waals surface area contributed by atoms with Crippen LogP contribution in [0.15, 0.2) is 16.0 Å². The molecule has 0 spiro atoms. The minimum Gasteiger partial charge on any atom is -0.307 e. The van der Waals surface area contributed by atoms with Gasteiger partial charge in [0.25, 0.3) is 0 Å². The molecule has 0 fully saturated rings. The normalized spacial score (nSPS) is 13.2. The largest absolute Gasteiger partial charge is 0.307 e. The van der Waals surface area contributed by atoms with Crippen molar-refractivity contribution < 1.29 is 0 Å². The topological polar surface area (TPSA) is 42.7 Å². The Morgan fingerprint density at radius 2 is 2.17 bits per heavy atom. The van der Waals surface area contributed by atoms with Crippen molar-refractivity contribution in [2.75, 3.05) is 7.05 Å². The van der Waals surface area contributed by atoms with Crippen molar-refractivity contribution in [2.24, 2.45) is 0 Å². The summed E-state index contributed by atoms with van der Waals surface area (Å²) in [6.45, 7) is 6.28. The van der Waals surface area contributed by atoms with Crippen molar-refractivity contribution in [3.05, 3.63) is 32.4 Å². The zero-order valence-electron chi connectivity index (χ0n) is 10.9. The maximum absolute atomic E-state index is 4.57. The number of rotatable bonds is 4. The molecule has 0 aromatic carbocycles. The highest BCUT2D eigenvalue weighted by Crippen LogP contribution is 2.30. The van der Waals surface area contributed by atoms with E-state index < -0.39 is 0 Å². The summed E-state index contributed by atoms with van der Waals surface area (Å²) in [4.78, 5) is 4.57. The molecular formula is C12H17BrN4S. The predicted molar refractivity (Wildman–Crippen MR) is 78.1 cm³/mol. The van der Waals surface area contributed by atoms with E-state index in [4.69, 9.17) is 0 Å². The Labute approximate surface area is 120 Å². The number of halogens is 1. The van der Waals surface area contributed by atoms with E-state index in [1.165, 1.54) is 0 Å². The fraction of sp³-hybridized carbons (Fsp3) is 0.500. The SMILES string of the molecule is CNC(c1csc(C)n1)c1c(Br)cnn1C(C)C. The third-order valence-corrected chi connectivity index (χ3v) is 4.17. The molecule has 0 radical (unpaired) electrons. The first-order chi connectivity index (χ1) is 8.54. The molecule has 0 amide bonds. The number of aromatic nitrogens is 3. The van der Waals surface area contributed by atoms with Gasteiger partial charge < -0.3 is 5.32 Å². The van der Waals surface area contributed by atoms with Crippen LogP contribution in [0.4, 0.5) is 0 Å². The molecule has 2 heterocycles. The van der Waals surface area contributed by atoms with Crippen molar-refractivity contribution in [3.8, 4) is 0 Å². The molecule has 0 saturated carbocycles. The lowest BCUT2D eigenvalue weighted by Gasteiger charge is -2.19. The minimum atomic E-state index is 0.0641. The Morgan fingerprint density at radius 3 is 2.67 bits per heavy atom. The highest BCUT2D eigenvalue weighted by Gasteiger charge is 2.23. The van der Waals surface area contributed by atoms with Crippen molar-refractivity contribution in [1.29, 1.82) is 0 Å². The van der Waals surface area contributed by atoms with Crippen LogP contribution in [0.3, 0.4) is 0 Å². The maximum Gasteiger partial charge on any atom is 0.0939 e. The summed E-state index contributed by atoms with van der Waals surface area (Å²) in [5.41, 5.74) is 2.17. The van der Waals surface area contributed by atoms with Crippen LogP contribution in [-0.4, -0.2) is 21.8 Å². The molecule has 4 nitrogen and oxygen atoms in total. The smallest absolute Gasteiger partial charge is 0.0939 e. The average Bonchev–Trinajstić information content (AvgIpc) is 2.88. The first kappa shape index (κ1) is 13.7. The summed E-state index contributed by atoms with van der Waals surface area (Å²) in [6, 6.07) is 0.385. The molecule has 1 unspecified atom stereocenters. The van der Waals surface area contributed by atoms with Gasteiger partial charge in [-0.1, -0.05) is 0 Å². The predicted octanol–water partition coefficient (Wildman–Crippen LogP) is 3.30. The lowest BCUT2D eigenvalue weighted by atomic mass is 10.1.